The van der Waals surface area contributed by atoms with Gasteiger partial charge in [0.2, 0.25) is 0 Å². The average Bonchev–Trinajstić information content (AvgIpc) is 2.66. The van der Waals surface area contributed by atoms with Gasteiger partial charge in [0.1, 0.15) is 5.82 Å². The van der Waals surface area contributed by atoms with Crippen molar-refractivity contribution in [1.29, 1.82) is 0 Å². The molecule has 1 aliphatic carbocycles. The lowest BCUT2D eigenvalue weighted by Gasteiger charge is -2.31. The van der Waals surface area contributed by atoms with Crippen LogP contribution in [0.25, 0.3) is 0 Å². The summed E-state index contributed by atoms with van der Waals surface area (Å²) >= 11 is 0. The van der Waals surface area contributed by atoms with Gasteiger partial charge in [-0.3, -0.25) is 0 Å². The van der Waals surface area contributed by atoms with Crippen LogP contribution in [0.3, 0.4) is 0 Å². The van der Waals surface area contributed by atoms with Crippen LogP contribution >= 0.6 is 0 Å². The Hall–Kier alpha value is -1.09. The van der Waals surface area contributed by atoms with Gasteiger partial charge in [0, 0.05) is 24.3 Å². The molecule has 0 saturated heterocycles. The molecule has 0 spiro atoms. The van der Waals surface area contributed by atoms with Gasteiger partial charge < -0.3 is 10.0 Å². The van der Waals surface area contributed by atoms with E-state index in [-0.39, 0.29) is 5.82 Å². The molecular formula is C16H24FNO. The van der Waals surface area contributed by atoms with Crippen molar-refractivity contribution in [2.45, 2.75) is 57.6 Å². The number of halogens is 1. The smallest absolute Gasteiger partial charge is 0.131 e. The quantitative estimate of drug-likeness (QED) is 0.834. The Morgan fingerprint density at radius 2 is 1.84 bits per heavy atom. The van der Waals surface area contributed by atoms with Gasteiger partial charge in [-0.25, -0.2) is 4.39 Å². The molecule has 2 rings (SSSR count). The molecule has 1 aromatic carbocycles. The van der Waals surface area contributed by atoms with Gasteiger partial charge in [-0.05, 0) is 31.9 Å². The first kappa shape index (κ1) is 14.3. The molecule has 1 aliphatic rings. The molecule has 0 aromatic heterocycles. The summed E-state index contributed by atoms with van der Waals surface area (Å²) in [6.07, 6.45) is 6.64. The van der Waals surface area contributed by atoms with E-state index in [0.717, 1.165) is 18.5 Å². The molecule has 0 amide bonds. The summed E-state index contributed by atoms with van der Waals surface area (Å²) < 4.78 is 13.9. The van der Waals surface area contributed by atoms with E-state index in [1.807, 2.05) is 13.1 Å². The number of aliphatic hydroxyl groups excluding tert-OH is 1. The highest BCUT2D eigenvalue weighted by Gasteiger charge is 2.22. The van der Waals surface area contributed by atoms with Gasteiger partial charge in [0.25, 0.3) is 0 Å². The van der Waals surface area contributed by atoms with Crippen LogP contribution in [0.2, 0.25) is 0 Å². The normalized spacial score (nSPS) is 18.9. The van der Waals surface area contributed by atoms with Gasteiger partial charge in [0.15, 0.2) is 0 Å². The third-order valence-corrected chi connectivity index (χ3v) is 4.20. The molecule has 0 unspecified atom stereocenters. The largest absolute Gasteiger partial charge is 0.389 e. The maximum absolute atomic E-state index is 13.9. The molecule has 1 fully saturated rings. The molecule has 19 heavy (non-hydrogen) atoms. The molecule has 0 heterocycles. The first-order chi connectivity index (χ1) is 9.11. The molecule has 0 aliphatic heterocycles. The van der Waals surface area contributed by atoms with Crippen LogP contribution in [0.4, 0.5) is 10.1 Å². The van der Waals surface area contributed by atoms with E-state index in [2.05, 4.69) is 4.90 Å². The Morgan fingerprint density at radius 1 is 1.21 bits per heavy atom. The number of hydrogen-bond acceptors (Lipinski definition) is 2. The second-order valence-electron chi connectivity index (χ2n) is 5.60. The number of anilines is 1. The van der Waals surface area contributed by atoms with E-state index < -0.39 is 6.10 Å². The molecule has 0 radical (unpaired) electrons. The summed E-state index contributed by atoms with van der Waals surface area (Å²) in [4.78, 5) is 2.16. The van der Waals surface area contributed by atoms with E-state index in [0.29, 0.717) is 11.6 Å². The minimum Gasteiger partial charge on any atom is -0.389 e. The lowest BCUT2D eigenvalue weighted by Crippen LogP contribution is -2.32. The molecule has 3 heteroatoms. The SMILES string of the molecule is C[C@H](O)c1c(F)cccc1N(C)C1CCCCCC1. The highest BCUT2D eigenvalue weighted by molar-refractivity contribution is 5.55. The third kappa shape index (κ3) is 3.27. The number of rotatable bonds is 3. The molecular weight excluding hydrogens is 241 g/mol. The fraction of sp³-hybridized carbons (Fsp3) is 0.625. The summed E-state index contributed by atoms with van der Waals surface area (Å²) in [6, 6.07) is 5.52. The van der Waals surface area contributed by atoms with Crippen molar-refractivity contribution in [3.05, 3.63) is 29.6 Å². The maximum atomic E-state index is 13.9. The Kier molecular flexibility index (Phi) is 4.81. The number of nitrogens with zero attached hydrogens (tertiary/aromatic N) is 1. The van der Waals surface area contributed by atoms with Crippen molar-refractivity contribution >= 4 is 5.69 Å². The first-order valence-electron chi connectivity index (χ1n) is 7.30. The standard InChI is InChI=1S/C16H24FNO/c1-12(19)16-14(17)10-7-11-15(16)18(2)13-8-5-3-4-6-9-13/h7,10-13,19H,3-6,8-9H2,1-2H3/t12-/m0/s1. The van der Waals surface area contributed by atoms with Crippen molar-refractivity contribution in [2.75, 3.05) is 11.9 Å². The summed E-state index contributed by atoms with van der Waals surface area (Å²) in [5.74, 6) is -0.312. The predicted octanol–water partition coefficient (Wildman–Crippen LogP) is 4.04. The second-order valence-corrected chi connectivity index (χ2v) is 5.60. The van der Waals surface area contributed by atoms with Crippen LogP contribution in [0.5, 0.6) is 0 Å². The topological polar surface area (TPSA) is 23.5 Å². The summed E-state index contributed by atoms with van der Waals surface area (Å²) in [5, 5.41) is 9.82. The van der Waals surface area contributed by atoms with Crippen LogP contribution < -0.4 is 4.90 Å². The van der Waals surface area contributed by atoms with Crippen LogP contribution in [0.1, 0.15) is 57.1 Å². The summed E-state index contributed by atoms with van der Waals surface area (Å²) in [6.45, 7) is 1.63. The number of aliphatic hydroxyl groups is 1. The highest BCUT2D eigenvalue weighted by atomic mass is 19.1. The van der Waals surface area contributed by atoms with E-state index in [4.69, 9.17) is 0 Å². The zero-order valence-corrected chi connectivity index (χ0v) is 11.9. The van der Waals surface area contributed by atoms with Crippen molar-refractivity contribution in [3.63, 3.8) is 0 Å². The first-order valence-corrected chi connectivity index (χ1v) is 7.30. The van der Waals surface area contributed by atoms with Crippen LogP contribution in [0, 0.1) is 5.82 Å². The van der Waals surface area contributed by atoms with Gasteiger partial charge in [-0.2, -0.15) is 0 Å². The van der Waals surface area contributed by atoms with E-state index >= 15 is 0 Å². The lowest BCUT2D eigenvalue weighted by atomic mass is 10.0. The Bertz CT molecular complexity index is 411. The third-order valence-electron chi connectivity index (χ3n) is 4.20. The van der Waals surface area contributed by atoms with E-state index in [9.17, 15) is 9.50 Å². The van der Waals surface area contributed by atoms with Crippen LogP contribution in [-0.4, -0.2) is 18.2 Å². The van der Waals surface area contributed by atoms with Gasteiger partial charge in [-0.1, -0.05) is 31.7 Å². The molecule has 1 saturated carbocycles. The maximum Gasteiger partial charge on any atom is 0.131 e. The fourth-order valence-electron chi connectivity index (χ4n) is 3.09. The van der Waals surface area contributed by atoms with Crippen molar-refractivity contribution < 1.29 is 9.50 Å². The molecule has 1 atom stereocenters. The molecule has 1 aromatic rings. The van der Waals surface area contributed by atoms with Crippen molar-refractivity contribution in [2.24, 2.45) is 0 Å². The molecule has 0 bridgehead atoms. The van der Waals surface area contributed by atoms with E-state index in [1.54, 1.807) is 13.0 Å². The van der Waals surface area contributed by atoms with Crippen molar-refractivity contribution in [1.82, 2.24) is 0 Å². The van der Waals surface area contributed by atoms with Gasteiger partial charge in [0.05, 0.1) is 6.10 Å². The Balaban J connectivity index is 2.27. The summed E-state index contributed by atoms with van der Waals surface area (Å²) in [5.41, 5.74) is 1.26. The monoisotopic (exact) mass is 265 g/mol. The lowest BCUT2D eigenvalue weighted by molar-refractivity contribution is 0.194. The number of hydrogen-bond donors (Lipinski definition) is 1. The fourth-order valence-corrected chi connectivity index (χ4v) is 3.09. The minimum atomic E-state index is -0.774. The molecule has 2 nitrogen and oxygen atoms in total. The van der Waals surface area contributed by atoms with Crippen LogP contribution in [-0.2, 0) is 0 Å². The summed E-state index contributed by atoms with van der Waals surface area (Å²) in [7, 11) is 2.02. The second kappa shape index (κ2) is 6.38. The van der Waals surface area contributed by atoms with Crippen molar-refractivity contribution in [3.8, 4) is 0 Å². The Labute approximate surface area is 115 Å². The predicted molar refractivity (Wildman–Crippen MR) is 76.9 cm³/mol. The van der Waals surface area contributed by atoms with E-state index in [1.165, 1.54) is 31.7 Å². The highest BCUT2D eigenvalue weighted by Crippen LogP contribution is 2.32. The average molecular weight is 265 g/mol. The molecule has 106 valence electrons. The minimum absolute atomic E-state index is 0.312. The van der Waals surface area contributed by atoms with Crippen LogP contribution in [0.15, 0.2) is 18.2 Å². The number of benzene rings is 1. The van der Waals surface area contributed by atoms with Gasteiger partial charge >= 0.3 is 0 Å². The van der Waals surface area contributed by atoms with Gasteiger partial charge in [-0.15, -0.1) is 0 Å². The Morgan fingerprint density at radius 3 is 2.42 bits per heavy atom. The molecule has 1 N–H and O–H groups in total. The zero-order chi connectivity index (χ0) is 13.8. The zero-order valence-electron chi connectivity index (χ0n) is 11.9.